The predicted octanol–water partition coefficient (Wildman–Crippen LogP) is 3.58. The van der Waals surface area contributed by atoms with Gasteiger partial charge in [0.1, 0.15) is 0 Å². The van der Waals surface area contributed by atoms with Crippen LogP contribution < -0.4 is 0 Å². The fourth-order valence-corrected chi connectivity index (χ4v) is 2.48. The third-order valence-corrected chi connectivity index (χ3v) is 3.83. The predicted molar refractivity (Wildman–Crippen MR) is 76.0 cm³/mol. The first kappa shape index (κ1) is 13.4. The van der Waals surface area contributed by atoms with Crippen LogP contribution in [0.1, 0.15) is 27.7 Å². The van der Waals surface area contributed by atoms with E-state index in [1.54, 1.807) is 0 Å². The van der Waals surface area contributed by atoms with Crippen LogP contribution in [-0.4, -0.2) is 24.7 Å². The monoisotopic (exact) mass is 247 g/mol. The second-order valence-corrected chi connectivity index (χ2v) is 5.70. The summed E-state index contributed by atoms with van der Waals surface area (Å²) in [6.45, 7) is 11.9. The molecule has 1 atom stereocenters. The lowest BCUT2D eigenvalue weighted by molar-refractivity contribution is -0.0387. The van der Waals surface area contributed by atoms with Gasteiger partial charge in [0.05, 0.1) is 13.2 Å². The summed E-state index contributed by atoms with van der Waals surface area (Å²) in [6.07, 6.45) is 9.13. The van der Waals surface area contributed by atoms with E-state index in [4.69, 9.17) is 4.74 Å². The van der Waals surface area contributed by atoms with E-state index in [0.29, 0.717) is 17.8 Å². The van der Waals surface area contributed by atoms with E-state index in [9.17, 15) is 0 Å². The highest BCUT2D eigenvalue weighted by Crippen LogP contribution is 2.29. The van der Waals surface area contributed by atoms with Crippen LogP contribution in [0, 0.1) is 17.8 Å². The van der Waals surface area contributed by atoms with Gasteiger partial charge >= 0.3 is 0 Å². The quantitative estimate of drug-likeness (QED) is 0.753. The van der Waals surface area contributed by atoms with Crippen LogP contribution in [0.25, 0.3) is 0 Å². The summed E-state index contributed by atoms with van der Waals surface area (Å²) < 4.78 is 5.27. The highest BCUT2D eigenvalue weighted by Gasteiger charge is 2.26. The third kappa shape index (κ3) is 2.86. The number of rotatable bonds is 4. The molecule has 2 heterocycles. The summed E-state index contributed by atoms with van der Waals surface area (Å²) in [6, 6.07) is 0. The Morgan fingerprint density at radius 3 is 2.72 bits per heavy atom. The Kier molecular flexibility index (Phi) is 4.28. The molecule has 0 unspecified atom stereocenters. The van der Waals surface area contributed by atoms with Gasteiger partial charge in [0.25, 0.3) is 0 Å². The Labute approximate surface area is 111 Å². The second kappa shape index (κ2) is 5.75. The highest BCUT2D eigenvalue weighted by molar-refractivity contribution is 5.31. The smallest absolute Gasteiger partial charge is 0.0533 e. The first-order chi connectivity index (χ1) is 8.61. The molecule has 0 radical (unpaired) electrons. The van der Waals surface area contributed by atoms with Crippen LogP contribution in [0.4, 0.5) is 0 Å². The van der Waals surface area contributed by atoms with Crippen molar-refractivity contribution in [3.05, 3.63) is 35.7 Å². The molecule has 0 aromatic rings. The molecule has 18 heavy (non-hydrogen) atoms. The first-order valence-corrected chi connectivity index (χ1v) is 7.02. The molecular weight excluding hydrogens is 222 g/mol. The van der Waals surface area contributed by atoms with Crippen LogP contribution in [0.5, 0.6) is 0 Å². The normalized spacial score (nSPS) is 27.4. The molecule has 0 bridgehead atoms. The van der Waals surface area contributed by atoms with Gasteiger partial charge in [-0.25, -0.2) is 0 Å². The van der Waals surface area contributed by atoms with E-state index in [1.807, 2.05) is 0 Å². The average Bonchev–Trinajstić information content (AvgIpc) is 2.61. The van der Waals surface area contributed by atoms with Crippen LogP contribution in [0.3, 0.4) is 0 Å². The number of hydrogen-bond acceptors (Lipinski definition) is 2. The molecular formula is C16H25NO. The average molecular weight is 247 g/mol. The van der Waals surface area contributed by atoms with Crippen molar-refractivity contribution >= 4 is 0 Å². The maximum absolute atomic E-state index is 5.27. The number of ether oxygens (including phenoxy) is 1. The Morgan fingerprint density at radius 1 is 1.50 bits per heavy atom. The molecule has 0 aliphatic carbocycles. The molecule has 1 fully saturated rings. The number of nitrogens with zero attached hydrogens (tertiary/aromatic N) is 1. The van der Waals surface area contributed by atoms with Crippen molar-refractivity contribution in [3.63, 3.8) is 0 Å². The SMILES string of the molecule is C/C=C(\C=C1/[C@H](C)C=CN1CC1COC1)C(C)C. The minimum atomic E-state index is 0.527. The molecule has 0 N–H and O–H groups in total. The summed E-state index contributed by atoms with van der Waals surface area (Å²) in [4.78, 5) is 2.41. The summed E-state index contributed by atoms with van der Waals surface area (Å²) in [5.74, 6) is 1.82. The molecule has 2 rings (SSSR count). The first-order valence-electron chi connectivity index (χ1n) is 7.02. The summed E-state index contributed by atoms with van der Waals surface area (Å²) in [5.41, 5.74) is 2.86. The van der Waals surface area contributed by atoms with Gasteiger partial charge in [0.2, 0.25) is 0 Å². The Hall–Kier alpha value is -1.02. The molecule has 2 aliphatic heterocycles. The maximum atomic E-state index is 5.27. The van der Waals surface area contributed by atoms with Crippen molar-refractivity contribution in [2.45, 2.75) is 27.7 Å². The van der Waals surface area contributed by atoms with Gasteiger partial charge in [-0.05, 0) is 24.5 Å². The number of hydrogen-bond donors (Lipinski definition) is 0. The zero-order chi connectivity index (χ0) is 13.1. The highest BCUT2D eigenvalue weighted by atomic mass is 16.5. The topological polar surface area (TPSA) is 12.5 Å². The Morgan fingerprint density at radius 2 is 2.22 bits per heavy atom. The van der Waals surface area contributed by atoms with Crippen molar-refractivity contribution in [2.75, 3.05) is 19.8 Å². The fourth-order valence-electron chi connectivity index (χ4n) is 2.48. The van der Waals surface area contributed by atoms with Gasteiger partial charge in [-0.15, -0.1) is 0 Å². The van der Waals surface area contributed by atoms with Gasteiger partial charge in [-0.2, -0.15) is 0 Å². The van der Waals surface area contributed by atoms with Gasteiger partial charge in [0.15, 0.2) is 0 Å². The molecule has 0 spiro atoms. The van der Waals surface area contributed by atoms with E-state index in [2.05, 4.69) is 57.0 Å². The largest absolute Gasteiger partial charge is 0.381 e. The molecule has 2 heteroatoms. The van der Waals surface area contributed by atoms with Gasteiger partial charge in [-0.1, -0.05) is 32.9 Å². The molecule has 2 aliphatic rings. The van der Waals surface area contributed by atoms with Crippen molar-refractivity contribution in [1.82, 2.24) is 4.90 Å². The molecule has 0 amide bonds. The third-order valence-electron chi connectivity index (χ3n) is 3.83. The summed E-state index contributed by atoms with van der Waals surface area (Å²) in [5, 5.41) is 0. The zero-order valence-corrected chi connectivity index (χ0v) is 12.0. The summed E-state index contributed by atoms with van der Waals surface area (Å²) >= 11 is 0. The van der Waals surface area contributed by atoms with Gasteiger partial charge in [0, 0.05) is 30.3 Å². The van der Waals surface area contributed by atoms with Crippen molar-refractivity contribution < 1.29 is 4.74 Å². The molecule has 0 aromatic heterocycles. The lowest BCUT2D eigenvalue weighted by Crippen LogP contribution is -2.36. The van der Waals surface area contributed by atoms with Crippen molar-refractivity contribution in [1.29, 1.82) is 0 Å². The number of allylic oxidation sites excluding steroid dienone is 4. The maximum Gasteiger partial charge on any atom is 0.0533 e. The van der Waals surface area contributed by atoms with E-state index in [1.165, 1.54) is 11.3 Å². The lowest BCUT2D eigenvalue weighted by atomic mass is 9.98. The molecule has 1 saturated heterocycles. The van der Waals surface area contributed by atoms with E-state index >= 15 is 0 Å². The lowest BCUT2D eigenvalue weighted by Gasteiger charge is -2.32. The van der Waals surface area contributed by atoms with Crippen LogP contribution in [-0.2, 0) is 4.74 Å². The molecule has 0 aromatic carbocycles. The minimum absolute atomic E-state index is 0.527. The minimum Gasteiger partial charge on any atom is -0.381 e. The second-order valence-electron chi connectivity index (χ2n) is 5.70. The van der Waals surface area contributed by atoms with E-state index < -0.39 is 0 Å². The zero-order valence-electron chi connectivity index (χ0n) is 12.0. The Balaban J connectivity index is 2.09. The molecule has 0 saturated carbocycles. The van der Waals surface area contributed by atoms with Crippen LogP contribution in [0.2, 0.25) is 0 Å². The van der Waals surface area contributed by atoms with Crippen LogP contribution in [0.15, 0.2) is 35.7 Å². The van der Waals surface area contributed by atoms with E-state index in [0.717, 1.165) is 19.8 Å². The molecule has 2 nitrogen and oxygen atoms in total. The Bertz CT molecular complexity index is 375. The van der Waals surface area contributed by atoms with Crippen LogP contribution >= 0.6 is 0 Å². The molecule has 100 valence electrons. The van der Waals surface area contributed by atoms with Crippen molar-refractivity contribution in [3.8, 4) is 0 Å². The summed E-state index contributed by atoms with van der Waals surface area (Å²) in [7, 11) is 0. The standard InChI is InChI=1S/C16H25NO/c1-5-15(12(2)3)8-16-13(4)6-7-17(16)9-14-10-18-11-14/h5-8,12-14H,9-11H2,1-4H3/b15-5+,16-8+/t13-/m1/s1. The van der Waals surface area contributed by atoms with Crippen molar-refractivity contribution in [2.24, 2.45) is 17.8 Å². The van der Waals surface area contributed by atoms with Gasteiger partial charge < -0.3 is 9.64 Å². The van der Waals surface area contributed by atoms with Gasteiger partial charge in [-0.3, -0.25) is 0 Å². The van der Waals surface area contributed by atoms with E-state index in [-0.39, 0.29) is 0 Å². The fraction of sp³-hybridized carbons (Fsp3) is 0.625.